The molecule has 1 spiro atoms. The Morgan fingerprint density at radius 3 is 1.86 bits per heavy atom. The van der Waals surface area contributed by atoms with Crippen LogP contribution in [0.1, 0.15) is 91.4 Å². The number of Topliss-reactive ketones (excluding diaryl/α,β-unsaturated/α-hetero) is 1. The molecule has 160 valence electrons. The lowest BCUT2D eigenvalue weighted by atomic mass is 9.54. The second kappa shape index (κ2) is 8.76. The SMILES string of the molecule is CCC(=O)[C@H]1CC2(CC[C@H](N3CCC(N4CCC(C(C)C)CC4)CC3)CC2)C1. The largest absolute Gasteiger partial charge is 0.300 e. The molecule has 2 saturated carbocycles. The van der Waals surface area contributed by atoms with Crippen LogP contribution < -0.4 is 0 Å². The zero-order valence-corrected chi connectivity index (χ0v) is 18.8. The van der Waals surface area contributed by atoms with Crippen LogP contribution in [-0.4, -0.2) is 53.8 Å². The lowest BCUT2D eigenvalue weighted by molar-refractivity contribution is -0.132. The molecular weight excluding hydrogens is 344 g/mol. The van der Waals surface area contributed by atoms with Gasteiger partial charge in [0.1, 0.15) is 5.78 Å². The first kappa shape index (κ1) is 20.8. The molecule has 4 fully saturated rings. The highest BCUT2D eigenvalue weighted by Gasteiger charge is 2.48. The Hall–Kier alpha value is -0.410. The number of piperidine rings is 2. The molecule has 0 atom stereocenters. The van der Waals surface area contributed by atoms with E-state index < -0.39 is 0 Å². The summed E-state index contributed by atoms with van der Waals surface area (Å²) >= 11 is 0. The molecule has 2 aliphatic heterocycles. The van der Waals surface area contributed by atoms with Gasteiger partial charge in [-0.2, -0.15) is 0 Å². The van der Waals surface area contributed by atoms with Crippen LogP contribution >= 0.6 is 0 Å². The highest BCUT2D eigenvalue weighted by atomic mass is 16.1. The third-order valence-electron chi connectivity index (χ3n) is 9.23. The van der Waals surface area contributed by atoms with Crippen LogP contribution in [0.4, 0.5) is 0 Å². The smallest absolute Gasteiger partial charge is 0.135 e. The predicted molar refractivity (Wildman–Crippen MR) is 116 cm³/mol. The first-order valence-electron chi connectivity index (χ1n) is 12.5. The Labute approximate surface area is 173 Å². The second-order valence-electron chi connectivity index (χ2n) is 11.0. The van der Waals surface area contributed by atoms with Crippen molar-refractivity contribution < 1.29 is 4.79 Å². The summed E-state index contributed by atoms with van der Waals surface area (Å²) in [7, 11) is 0. The van der Waals surface area contributed by atoms with Crippen LogP contribution in [0.25, 0.3) is 0 Å². The maximum atomic E-state index is 11.9. The van der Waals surface area contributed by atoms with E-state index in [9.17, 15) is 4.79 Å². The molecule has 3 heteroatoms. The standard InChI is InChI=1S/C25H44N2O/c1-4-24(28)21-17-25(18-21)11-5-22(6-12-25)27-15-9-23(10-16-27)26-13-7-20(8-14-26)19(2)3/h19-23H,4-18H2,1-3H3/t21-,22-,25?. The fourth-order valence-corrected chi connectivity index (χ4v) is 7.06. The number of ketones is 1. The van der Waals surface area contributed by atoms with Crippen molar-refractivity contribution in [1.82, 2.24) is 9.80 Å². The van der Waals surface area contributed by atoms with E-state index in [-0.39, 0.29) is 0 Å². The predicted octanol–water partition coefficient (Wildman–Crippen LogP) is 5.14. The molecule has 0 radical (unpaired) electrons. The van der Waals surface area contributed by atoms with Gasteiger partial charge in [0.15, 0.2) is 0 Å². The van der Waals surface area contributed by atoms with Crippen molar-refractivity contribution in [2.75, 3.05) is 26.2 Å². The minimum atomic E-state index is 0.414. The molecule has 0 unspecified atom stereocenters. The van der Waals surface area contributed by atoms with E-state index in [2.05, 4.69) is 23.6 Å². The summed E-state index contributed by atoms with van der Waals surface area (Å²) in [5.74, 6) is 2.76. The Bertz CT molecular complexity index is 513. The van der Waals surface area contributed by atoms with Gasteiger partial charge in [0.2, 0.25) is 0 Å². The average molecular weight is 389 g/mol. The van der Waals surface area contributed by atoms with Gasteiger partial charge in [0.25, 0.3) is 0 Å². The summed E-state index contributed by atoms with van der Waals surface area (Å²) in [4.78, 5) is 17.6. The van der Waals surface area contributed by atoms with Crippen molar-refractivity contribution in [3.8, 4) is 0 Å². The lowest BCUT2D eigenvalue weighted by Crippen LogP contribution is -2.52. The molecule has 0 aromatic carbocycles. The molecule has 3 nitrogen and oxygen atoms in total. The van der Waals surface area contributed by atoms with Crippen molar-refractivity contribution in [1.29, 1.82) is 0 Å². The maximum absolute atomic E-state index is 11.9. The minimum Gasteiger partial charge on any atom is -0.300 e. The number of carbonyl (C=O) groups is 1. The summed E-state index contributed by atoms with van der Waals surface area (Å²) in [6, 6.07) is 1.69. The highest BCUT2D eigenvalue weighted by molar-refractivity contribution is 5.81. The van der Waals surface area contributed by atoms with Crippen molar-refractivity contribution in [2.24, 2.45) is 23.2 Å². The van der Waals surface area contributed by atoms with Gasteiger partial charge in [-0.15, -0.1) is 0 Å². The summed E-state index contributed by atoms with van der Waals surface area (Å²) in [5, 5.41) is 0. The van der Waals surface area contributed by atoms with Crippen LogP contribution in [0, 0.1) is 23.2 Å². The Balaban J connectivity index is 1.17. The molecule has 28 heavy (non-hydrogen) atoms. The van der Waals surface area contributed by atoms with E-state index in [4.69, 9.17) is 0 Å². The summed E-state index contributed by atoms with van der Waals surface area (Å²) < 4.78 is 0. The molecule has 0 aromatic heterocycles. The van der Waals surface area contributed by atoms with Crippen molar-refractivity contribution in [2.45, 2.75) is 103 Å². The molecule has 0 bridgehead atoms. The van der Waals surface area contributed by atoms with Crippen LogP contribution in [-0.2, 0) is 4.79 Å². The quantitative estimate of drug-likeness (QED) is 0.652. The molecule has 2 heterocycles. The van der Waals surface area contributed by atoms with Gasteiger partial charge in [-0.1, -0.05) is 20.8 Å². The number of carbonyl (C=O) groups excluding carboxylic acids is 1. The van der Waals surface area contributed by atoms with E-state index in [0.29, 0.717) is 17.1 Å². The average Bonchev–Trinajstić information content (AvgIpc) is 2.72. The fourth-order valence-electron chi connectivity index (χ4n) is 7.06. The zero-order valence-electron chi connectivity index (χ0n) is 18.8. The van der Waals surface area contributed by atoms with Gasteiger partial charge in [-0.25, -0.2) is 0 Å². The summed E-state index contributed by atoms with van der Waals surface area (Å²) in [6.07, 6.45) is 14.3. The topological polar surface area (TPSA) is 23.6 Å². The van der Waals surface area contributed by atoms with Crippen LogP contribution in [0.3, 0.4) is 0 Å². The van der Waals surface area contributed by atoms with Gasteiger partial charge in [-0.05, 0) is 108 Å². The molecule has 0 aromatic rings. The fraction of sp³-hybridized carbons (Fsp3) is 0.960. The van der Waals surface area contributed by atoms with Crippen LogP contribution in [0.15, 0.2) is 0 Å². The highest BCUT2D eigenvalue weighted by Crippen LogP contribution is 2.55. The number of likely N-dealkylation sites (tertiary alicyclic amines) is 2. The molecule has 4 aliphatic rings. The molecule has 0 amide bonds. The monoisotopic (exact) mass is 388 g/mol. The lowest BCUT2D eigenvalue weighted by Gasteiger charge is -2.53. The van der Waals surface area contributed by atoms with Crippen LogP contribution in [0.2, 0.25) is 0 Å². The third kappa shape index (κ3) is 4.36. The van der Waals surface area contributed by atoms with Crippen molar-refractivity contribution in [3.63, 3.8) is 0 Å². The molecule has 2 aliphatic carbocycles. The first-order chi connectivity index (χ1) is 13.5. The van der Waals surface area contributed by atoms with E-state index in [1.54, 1.807) is 0 Å². The number of rotatable bonds is 5. The van der Waals surface area contributed by atoms with Crippen molar-refractivity contribution >= 4 is 5.78 Å². The van der Waals surface area contributed by atoms with E-state index in [0.717, 1.165) is 30.3 Å². The van der Waals surface area contributed by atoms with Gasteiger partial charge in [-0.3, -0.25) is 4.79 Å². The van der Waals surface area contributed by atoms with Crippen LogP contribution in [0.5, 0.6) is 0 Å². The van der Waals surface area contributed by atoms with E-state index in [1.807, 2.05) is 6.92 Å². The normalized spacial score (nSPS) is 36.7. The van der Waals surface area contributed by atoms with Gasteiger partial charge < -0.3 is 9.80 Å². The number of hydrogen-bond acceptors (Lipinski definition) is 3. The second-order valence-corrected chi connectivity index (χ2v) is 11.0. The van der Waals surface area contributed by atoms with Gasteiger partial charge >= 0.3 is 0 Å². The Morgan fingerprint density at radius 1 is 0.857 bits per heavy atom. The molecular formula is C25H44N2O. The zero-order chi connectivity index (χ0) is 19.7. The third-order valence-corrected chi connectivity index (χ3v) is 9.23. The van der Waals surface area contributed by atoms with E-state index >= 15 is 0 Å². The summed E-state index contributed by atoms with van der Waals surface area (Å²) in [5.41, 5.74) is 0.561. The Morgan fingerprint density at radius 2 is 1.36 bits per heavy atom. The molecule has 2 saturated heterocycles. The molecule has 0 N–H and O–H groups in total. The van der Waals surface area contributed by atoms with Gasteiger partial charge in [0, 0.05) is 24.4 Å². The Kier molecular flexibility index (Phi) is 6.52. The van der Waals surface area contributed by atoms with Crippen molar-refractivity contribution in [3.05, 3.63) is 0 Å². The molecule has 4 rings (SSSR count). The number of nitrogens with zero attached hydrogens (tertiary/aromatic N) is 2. The number of hydrogen-bond donors (Lipinski definition) is 0. The van der Waals surface area contributed by atoms with E-state index in [1.165, 1.54) is 90.4 Å². The minimum absolute atomic E-state index is 0.414. The maximum Gasteiger partial charge on any atom is 0.135 e. The van der Waals surface area contributed by atoms with Gasteiger partial charge in [0.05, 0.1) is 0 Å². The summed E-state index contributed by atoms with van der Waals surface area (Å²) in [6.45, 7) is 12.2. The first-order valence-corrected chi connectivity index (χ1v) is 12.5.